The smallest absolute Gasteiger partial charge is 0.310 e. The molecule has 0 bridgehead atoms. The van der Waals surface area contributed by atoms with Crippen LogP contribution < -0.4 is 4.74 Å². The Morgan fingerprint density at radius 3 is 2.80 bits per heavy atom. The number of hydrogen-bond donors (Lipinski definition) is 0. The van der Waals surface area contributed by atoms with Crippen molar-refractivity contribution in [1.82, 2.24) is 4.98 Å². The van der Waals surface area contributed by atoms with E-state index in [9.17, 15) is 4.79 Å². The molecule has 0 amide bonds. The van der Waals surface area contributed by atoms with Gasteiger partial charge in [0.15, 0.2) is 5.89 Å². The zero-order valence-electron chi connectivity index (χ0n) is 15.1. The molecule has 1 aliphatic rings. The van der Waals surface area contributed by atoms with Crippen LogP contribution in [-0.4, -0.2) is 17.6 Å². The molecule has 5 nitrogen and oxygen atoms in total. The van der Waals surface area contributed by atoms with Crippen LogP contribution in [0.5, 0.6) is 5.75 Å². The molecule has 0 spiro atoms. The second-order valence-corrected chi connectivity index (χ2v) is 6.24. The summed E-state index contributed by atoms with van der Waals surface area (Å²) in [6.07, 6.45) is 2.43. The molecule has 0 radical (unpaired) electrons. The van der Waals surface area contributed by atoms with Crippen molar-refractivity contribution in [3.63, 3.8) is 0 Å². The highest BCUT2D eigenvalue weighted by Gasteiger charge is 2.23. The zero-order valence-corrected chi connectivity index (χ0v) is 15.1. The molecule has 0 saturated heterocycles. The van der Waals surface area contributed by atoms with E-state index < -0.39 is 0 Å². The predicted molar refractivity (Wildman–Crippen MR) is 94.4 cm³/mol. The van der Waals surface area contributed by atoms with Crippen LogP contribution >= 0.6 is 0 Å². The third-order valence-corrected chi connectivity index (χ3v) is 4.33. The molecule has 3 rings (SSSR count). The van der Waals surface area contributed by atoms with Crippen LogP contribution in [0.1, 0.15) is 54.7 Å². The number of ether oxygens (including phenoxy) is 2. The van der Waals surface area contributed by atoms with Gasteiger partial charge in [-0.25, -0.2) is 4.98 Å². The highest BCUT2D eigenvalue weighted by atomic mass is 16.5. The van der Waals surface area contributed by atoms with E-state index in [0.29, 0.717) is 25.5 Å². The predicted octanol–water partition coefficient (Wildman–Crippen LogP) is 4.32. The van der Waals surface area contributed by atoms with Gasteiger partial charge in [-0.15, -0.1) is 0 Å². The number of allylic oxidation sites excluding steroid dienone is 1. The first-order valence-electron chi connectivity index (χ1n) is 8.54. The largest absolute Gasteiger partial charge is 0.487 e. The number of benzene rings is 1. The number of aryl methyl sites for hydroxylation is 2. The minimum atomic E-state index is -0.189. The zero-order chi connectivity index (χ0) is 18.0. The molecule has 1 aromatic carbocycles. The van der Waals surface area contributed by atoms with Crippen molar-refractivity contribution in [2.24, 2.45) is 0 Å². The lowest BCUT2D eigenvalue weighted by Crippen LogP contribution is -2.04. The fraction of sp³-hybridized carbons (Fsp3) is 0.400. The van der Waals surface area contributed by atoms with Gasteiger partial charge in [0.1, 0.15) is 23.8 Å². The van der Waals surface area contributed by atoms with E-state index in [1.165, 1.54) is 5.56 Å². The maximum Gasteiger partial charge on any atom is 0.310 e. The number of aromatic nitrogens is 1. The number of oxazole rings is 1. The van der Waals surface area contributed by atoms with Gasteiger partial charge in [0.25, 0.3) is 0 Å². The number of esters is 1. The van der Waals surface area contributed by atoms with Crippen LogP contribution in [0.25, 0.3) is 5.57 Å². The SMILES string of the molecule is CCOC(=O)CC1=CC(C)c2cc(OCc3nc(C)oc3C)ccc21. The first-order valence-corrected chi connectivity index (χ1v) is 8.54. The molecule has 25 heavy (non-hydrogen) atoms. The van der Waals surface area contributed by atoms with E-state index in [-0.39, 0.29) is 11.9 Å². The van der Waals surface area contributed by atoms with Gasteiger partial charge in [0.2, 0.25) is 0 Å². The summed E-state index contributed by atoms with van der Waals surface area (Å²) in [4.78, 5) is 16.1. The summed E-state index contributed by atoms with van der Waals surface area (Å²) in [7, 11) is 0. The topological polar surface area (TPSA) is 61.6 Å². The maximum atomic E-state index is 11.8. The molecule has 1 unspecified atom stereocenters. The minimum absolute atomic E-state index is 0.189. The van der Waals surface area contributed by atoms with E-state index in [1.807, 2.05) is 39.0 Å². The lowest BCUT2D eigenvalue weighted by atomic mass is 10.0. The van der Waals surface area contributed by atoms with Crippen LogP contribution in [0.4, 0.5) is 0 Å². The van der Waals surface area contributed by atoms with Gasteiger partial charge in [-0.1, -0.05) is 19.1 Å². The summed E-state index contributed by atoms with van der Waals surface area (Å²) in [5.74, 6) is 2.28. The summed E-state index contributed by atoms with van der Waals surface area (Å²) in [5.41, 5.74) is 4.11. The molecule has 0 aliphatic heterocycles. The maximum absolute atomic E-state index is 11.8. The van der Waals surface area contributed by atoms with Crippen molar-refractivity contribution in [3.8, 4) is 5.75 Å². The molecular formula is C20H23NO4. The second-order valence-electron chi connectivity index (χ2n) is 6.24. The third kappa shape index (κ3) is 3.76. The first kappa shape index (κ1) is 17.3. The molecule has 1 aliphatic carbocycles. The summed E-state index contributed by atoms with van der Waals surface area (Å²) in [6, 6.07) is 5.98. The molecule has 2 aromatic rings. The number of hydrogen-bond acceptors (Lipinski definition) is 5. The van der Waals surface area contributed by atoms with Gasteiger partial charge >= 0.3 is 5.97 Å². The molecule has 1 aromatic heterocycles. The highest BCUT2D eigenvalue weighted by Crippen LogP contribution is 2.39. The Morgan fingerprint density at radius 1 is 1.32 bits per heavy atom. The molecule has 0 N–H and O–H groups in total. The number of rotatable bonds is 6. The van der Waals surface area contributed by atoms with Gasteiger partial charge in [-0.3, -0.25) is 4.79 Å². The summed E-state index contributed by atoms with van der Waals surface area (Å²) < 4.78 is 16.4. The molecule has 0 saturated carbocycles. The van der Waals surface area contributed by atoms with Crippen LogP contribution in [0.15, 0.2) is 28.7 Å². The minimum Gasteiger partial charge on any atom is -0.487 e. The van der Waals surface area contributed by atoms with Crippen molar-refractivity contribution in [1.29, 1.82) is 0 Å². The number of carbonyl (C=O) groups excluding carboxylic acids is 1. The van der Waals surface area contributed by atoms with Crippen molar-refractivity contribution >= 4 is 11.5 Å². The Morgan fingerprint density at radius 2 is 2.12 bits per heavy atom. The standard InChI is InChI=1S/C20H23NO4/c1-5-23-20(22)9-15-8-12(2)18-10-16(6-7-17(15)18)24-11-19-13(3)25-14(4)21-19/h6-8,10,12H,5,9,11H2,1-4H3. The van der Waals surface area contributed by atoms with Crippen molar-refractivity contribution in [3.05, 3.63) is 52.7 Å². The van der Waals surface area contributed by atoms with Crippen molar-refractivity contribution < 1.29 is 18.7 Å². The van der Waals surface area contributed by atoms with Crippen LogP contribution in [0.2, 0.25) is 0 Å². The van der Waals surface area contributed by atoms with Gasteiger partial charge in [0, 0.05) is 12.8 Å². The van der Waals surface area contributed by atoms with Crippen LogP contribution in [0, 0.1) is 13.8 Å². The number of carbonyl (C=O) groups is 1. The second kappa shape index (κ2) is 7.13. The Balaban J connectivity index is 1.71. The fourth-order valence-electron chi connectivity index (χ4n) is 3.16. The van der Waals surface area contributed by atoms with E-state index in [0.717, 1.165) is 28.3 Å². The Bertz CT molecular complexity index is 819. The van der Waals surface area contributed by atoms with Crippen LogP contribution in [0.3, 0.4) is 0 Å². The normalized spacial score (nSPS) is 15.7. The van der Waals surface area contributed by atoms with E-state index in [4.69, 9.17) is 13.9 Å². The molecule has 1 heterocycles. The quantitative estimate of drug-likeness (QED) is 0.732. The van der Waals surface area contributed by atoms with E-state index in [1.54, 1.807) is 0 Å². The fourth-order valence-corrected chi connectivity index (χ4v) is 3.16. The molecule has 5 heteroatoms. The number of nitrogens with zero attached hydrogens (tertiary/aromatic N) is 1. The molecular weight excluding hydrogens is 318 g/mol. The van der Waals surface area contributed by atoms with Crippen molar-refractivity contribution in [2.75, 3.05) is 6.61 Å². The Hall–Kier alpha value is -2.56. The highest BCUT2D eigenvalue weighted by molar-refractivity contribution is 5.88. The van der Waals surface area contributed by atoms with Crippen molar-refractivity contribution in [2.45, 2.75) is 46.6 Å². The lowest BCUT2D eigenvalue weighted by molar-refractivity contribution is -0.141. The lowest BCUT2D eigenvalue weighted by Gasteiger charge is -2.11. The first-order chi connectivity index (χ1) is 12.0. The summed E-state index contributed by atoms with van der Waals surface area (Å²) in [6.45, 7) is 8.42. The Labute approximate surface area is 147 Å². The van der Waals surface area contributed by atoms with Gasteiger partial charge in [0.05, 0.1) is 13.0 Å². The number of fused-ring (bicyclic) bond motifs is 1. The van der Waals surface area contributed by atoms with E-state index >= 15 is 0 Å². The Kier molecular flexibility index (Phi) is 4.93. The average Bonchev–Trinajstić information content (AvgIpc) is 3.04. The molecule has 132 valence electrons. The monoisotopic (exact) mass is 341 g/mol. The molecule has 0 fully saturated rings. The summed E-state index contributed by atoms with van der Waals surface area (Å²) >= 11 is 0. The average molecular weight is 341 g/mol. The third-order valence-electron chi connectivity index (χ3n) is 4.33. The molecule has 1 atom stereocenters. The van der Waals surface area contributed by atoms with Crippen LogP contribution in [-0.2, 0) is 16.1 Å². The van der Waals surface area contributed by atoms with E-state index in [2.05, 4.69) is 18.0 Å². The summed E-state index contributed by atoms with van der Waals surface area (Å²) in [5, 5.41) is 0. The van der Waals surface area contributed by atoms with Gasteiger partial charge < -0.3 is 13.9 Å². The van der Waals surface area contributed by atoms with Gasteiger partial charge in [-0.05, 0) is 42.7 Å². The van der Waals surface area contributed by atoms with Gasteiger partial charge in [-0.2, -0.15) is 0 Å².